The molecule has 0 atom stereocenters. The SMILES string of the molecule is CCc1c(C)nc(-c2ccoc2)nc1NN. The Morgan fingerprint density at radius 2 is 2.25 bits per heavy atom. The van der Waals surface area contributed by atoms with Crippen LogP contribution in [0.1, 0.15) is 18.2 Å². The Morgan fingerprint density at radius 3 is 2.81 bits per heavy atom. The van der Waals surface area contributed by atoms with Gasteiger partial charge >= 0.3 is 0 Å². The molecular formula is C11H14N4O. The summed E-state index contributed by atoms with van der Waals surface area (Å²) in [6.45, 7) is 4.00. The molecule has 0 aliphatic carbocycles. The van der Waals surface area contributed by atoms with E-state index in [1.54, 1.807) is 12.5 Å². The molecule has 2 heterocycles. The van der Waals surface area contributed by atoms with Gasteiger partial charge in [-0.1, -0.05) is 6.92 Å². The van der Waals surface area contributed by atoms with Crippen LogP contribution in [0, 0.1) is 6.92 Å². The van der Waals surface area contributed by atoms with Crippen LogP contribution in [0.25, 0.3) is 11.4 Å². The highest BCUT2D eigenvalue weighted by Crippen LogP contribution is 2.22. The van der Waals surface area contributed by atoms with Gasteiger partial charge in [0.2, 0.25) is 0 Å². The molecule has 0 aromatic carbocycles. The molecule has 0 saturated carbocycles. The fraction of sp³-hybridized carbons (Fsp3) is 0.273. The normalized spacial score (nSPS) is 10.4. The van der Waals surface area contributed by atoms with Crippen molar-refractivity contribution in [3.8, 4) is 11.4 Å². The average molecular weight is 218 g/mol. The number of nitrogen functional groups attached to an aromatic ring is 1. The first-order valence-electron chi connectivity index (χ1n) is 5.13. The number of anilines is 1. The summed E-state index contributed by atoms with van der Waals surface area (Å²) in [7, 11) is 0. The maximum atomic E-state index is 5.45. The second-order valence-corrected chi connectivity index (χ2v) is 3.47. The molecule has 0 amide bonds. The van der Waals surface area contributed by atoms with Gasteiger partial charge in [-0.05, 0) is 19.4 Å². The first kappa shape index (κ1) is 10.6. The summed E-state index contributed by atoms with van der Waals surface area (Å²) in [5, 5.41) is 0. The minimum absolute atomic E-state index is 0.622. The molecule has 16 heavy (non-hydrogen) atoms. The van der Waals surface area contributed by atoms with Crippen LogP contribution in [0.4, 0.5) is 5.82 Å². The lowest BCUT2D eigenvalue weighted by atomic mass is 10.1. The van der Waals surface area contributed by atoms with Crippen LogP contribution in [0.3, 0.4) is 0 Å². The van der Waals surface area contributed by atoms with Gasteiger partial charge in [-0.25, -0.2) is 15.8 Å². The Bertz CT molecular complexity index is 479. The topological polar surface area (TPSA) is 77.0 Å². The van der Waals surface area contributed by atoms with E-state index in [4.69, 9.17) is 10.3 Å². The van der Waals surface area contributed by atoms with Crippen LogP contribution in [-0.4, -0.2) is 9.97 Å². The number of nitrogens with one attached hydrogen (secondary N) is 1. The monoisotopic (exact) mass is 218 g/mol. The molecule has 2 rings (SSSR count). The Balaban J connectivity index is 2.54. The lowest BCUT2D eigenvalue weighted by Crippen LogP contribution is -2.13. The van der Waals surface area contributed by atoms with Gasteiger partial charge in [0.25, 0.3) is 0 Å². The van der Waals surface area contributed by atoms with E-state index >= 15 is 0 Å². The Hall–Kier alpha value is -1.88. The van der Waals surface area contributed by atoms with Crippen molar-refractivity contribution in [2.24, 2.45) is 5.84 Å². The number of aromatic nitrogens is 2. The zero-order valence-electron chi connectivity index (χ0n) is 9.32. The number of furan rings is 1. The van der Waals surface area contributed by atoms with E-state index in [0.717, 1.165) is 23.2 Å². The zero-order valence-corrected chi connectivity index (χ0v) is 9.32. The highest BCUT2D eigenvalue weighted by Gasteiger charge is 2.11. The van der Waals surface area contributed by atoms with Crippen molar-refractivity contribution in [2.45, 2.75) is 20.3 Å². The Kier molecular flexibility index (Phi) is 2.87. The van der Waals surface area contributed by atoms with Crippen molar-refractivity contribution in [1.29, 1.82) is 0 Å². The molecule has 2 aromatic heterocycles. The smallest absolute Gasteiger partial charge is 0.165 e. The molecule has 2 aromatic rings. The molecule has 0 radical (unpaired) electrons. The van der Waals surface area contributed by atoms with Crippen LogP contribution < -0.4 is 11.3 Å². The number of hydrogen-bond acceptors (Lipinski definition) is 5. The van der Waals surface area contributed by atoms with E-state index < -0.39 is 0 Å². The van der Waals surface area contributed by atoms with Crippen LogP contribution >= 0.6 is 0 Å². The largest absolute Gasteiger partial charge is 0.472 e. The van der Waals surface area contributed by atoms with E-state index in [0.29, 0.717) is 11.6 Å². The lowest BCUT2D eigenvalue weighted by Gasteiger charge is -2.10. The van der Waals surface area contributed by atoms with Gasteiger partial charge in [-0.3, -0.25) is 0 Å². The zero-order chi connectivity index (χ0) is 11.5. The number of hydrazine groups is 1. The maximum Gasteiger partial charge on any atom is 0.165 e. The van der Waals surface area contributed by atoms with Crippen molar-refractivity contribution in [1.82, 2.24) is 9.97 Å². The van der Waals surface area contributed by atoms with Crippen LogP contribution in [0.15, 0.2) is 23.0 Å². The predicted octanol–water partition coefficient (Wildman–Crippen LogP) is 1.89. The first-order valence-corrected chi connectivity index (χ1v) is 5.13. The third-order valence-corrected chi connectivity index (χ3v) is 2.48. The first-order chi connectivity index (χ1) is 7.76. The average Bonchev–Trinajstić information content (AvgIpc) is 2.81. The molecule has 5 heteroatoms. The summed E-state index contributed by atoms with van der Waals surface area (Å²) in [5.74, 6) is 6.75. The molecular weight excluding hydrogens is 204 g/mol. The van der Waals surface area contributed by atoms with Crippen molar-refractivity contribution in [3.63, 3.8) is 0 Å². The highest BCUT2D eigenvalue weighted by atomic mass is 16.3. The van der Waals surface area contributed by atoms with E-state index in [2.05, 4.69) is 15.4 Å². The van der Waals surface area contributed by atoms with Crippen LogP contribution in [-0.2, 0) is 6.42 Å². The molecule has 0 bridgehead atoms. The van der Waals surface area contributed by atoms with Crippen molar-refractivity contribution < 1.29 is 4.42 Å². The van der Waals surface area contributed by atoms with Gasteiger partial charge in [0.15, 0.2) is 5.82 Å². The molecule has 5 nitrogen and oxygen atoms in total. The van der Waals surface area contributed by atoms with E-state index in [1.807, 2.05) is 19.9 Å². The molecule has 0 aliphatic rings. The maximum absolute atomic E-state index is 5.45. The van der Waals surface area contributed by atoms with E-state index in [9.17, 15) is 0 Å². The minimum atomic E-state index is 0.622. The fourth-order valence-electron chi connectivity index (χ4n) is 1.66. The van der Waals surface area contributed by atoms with Gasteiger partial charge in [-0.2, -0.15) is 0 Å². The van der Waals surface area contributed by atoms with Gasteiger partial charge in [0.05, 0.1) is 11.8 Å². The molecule has 0 aliphatic heterocycles. The summed E-state index contributed by atoms with van der Waals surface area (Å²) in [6.07, 6.45) is 4.05. The summed E-state index contributed by atoms with van der Waals surface area (Å²) >= 11 is 0. The van der Waals surface area contributed by atoms with Crippen molar-refractivity contribution in [3.05, 3.63) is 29.9 Å². The van der Waals surface area contributed by atoms with Gasteiger partial charge in [-0.15, -0.1) is 0 Å². The molecule has 0 unspecified atom stereocenters. The van der Waals surface area contributed by atoms with Crippen LogP contribution in [0.5, 0.6) is 0 Å². The number of hydrogen-bond donors (Lipinski definition) is 2. The third kappa shape index (κ3) is 1.77. The summed E-state index contributed by atoms with van der Waals surface area (Å²) in [6, 6.07) is 1.82. The standard InChI is InChI=1S/C11H14N4O/c1-3-9-7(2)13-10(14-11(9)15-12)8-4-5-16-6-8/h4-6H,3,12H2,1-2H3,(H,13,14,15). The predicted molar refractivity (Wildman–Crippen MR) is 61.7 cm³/mol. The number of rotatable bonds is 3. The van der Waals surface area contributed by atoms with E-state index in [1.165, 1.54) is 0 Å². The van der Waals surface area contributed by atoms with E-state index in [-0.39, 0.29) is 0 Å². The quantitative estimate of drug-likeness (QED) is 0.607. The summed E-state index contributed by atoms with van der Waals surface area (Å²) in [5.41, 5.74) is 5.43. The third-order valence-electron chi connectivity index (χ3n) is 2.48. The van der Waals surface area contributed by atoms with Crippen molar-refractivity contribution >= 4 is 5.82 Å². The Morgan fingerprint density at radius 1 is 1.44 bits per heavy atom. The molecule has 0 saturated heterocycles. The second kappa shape index (κ2) is 4.32. The van der Waals surface area contributed by atoms with Gasteiger partial charge < -0.3 is 9.84 Å². The number of nitrogens with zero attached hydrogens (tertiary/aromatic N) is 2. The minimum Gasteiger partial charge on any atom is -0.472 e. The lowest BCUT2D eigenvalue weighted by molar-refractivity contribution is 0.568. The number of nitrogens with two attached hydrogens (primary N) is 1. The number of aryl methyl sites for hydroxylation is 1. The summed E-state index contributed by atoms with van der Waals surface area (Å²) < 4.78 is 5.01. The second-order valence-electron chi connectivity index (χ2n) is 3.47. The molecule has 0 spiro atoms. The van der Waals surface area contributed by atoms with Crippen LogP contribution in [0.2, 0.25) is 0 Å². The van der Waals surface area contributed by atoms with Crippen molar-refractivity contribution in [2.75, 3.05) is 5.43 Å². The summed E-state index contributed by atoms with van der Waals surface area (Å²) in [4.78, 5) is 8.79. The van der Waals surface area contributed by atoms with Gasteiger partial charge in [0.1, 0.15) is 12.1 Å². The molecule has 0 fully saturated rings. The molecule has 3 N–H and O–H groups in total. The fourth-order valence-corrected chi connectivity index (χ4v) is 1.66. The van der Waals surface area contributed by atoms with Gasteiger partial charge in [0, 0.05) is 11.3 Å². The Labute approximate surface area is 93.7 Å². The molecule has 84 valence electrons. The highest BCUT2D eigenvalue weighted by molar-refractivity contribution is 5.58.